The molecule has 0 radical (unpaired) electrons. The van der Waals surface area contributed by atoms with E-state index in [4.69, 9.17) is 4.74 Å². The van der Waals surface area contributed by atoms with Crippen LogP contribution in [0.1, 0.15) is 37.7 Å². The van der Waals surface area contributed by atoms with E-state index in [-0.39, 0.29) is 5.91 Å². The van der Waals surface area contributed by atoms with Gasteiger partial charge in [-0.3, -0.25) is 9.59 Å². The van der Waals surface area contributed by atoms with Crippen molar-refractivity contribution in [1.29, 1.82) is 0 Å². The monoisotopic (exact) mass is 433 g/mol. The zero-order chi connectivity index (χ0) is 23.3. The summed E-state index contributed by atoms with van der Waals surface area (Å²) in [6.07, 6.45) is 0. The Hall–Kier alpha value is -3.87. The first-order valence-corrected chi connectivity index (χ1v) is 10.3. The van der Waals surface area contributed by atoms with Crippen LogP contribution in [0.4, 0.5) is 5.69 Å². The fourth-order valence-electron chi connectivity index (χ4n) is 3.38. The van der Waals surface area contributed by atoms with E-state index in [1.165, 1.54) is 4.90 Å². The summed E-state index contributed by atoms with van der Waals surface area (Å²) in [6.45, 7) is 4.05. The number of aryl methyl sites for hydroxylation is 1. The third-order valence-corrected chi connectivity index (χ3v) is 5.13. The van der Waals surface area contributed by atoms with Crippen molar-refractivity contribution in [3.05, 3.63) is 88.7 Å². The Morgan fingerprint density at radius 3 is 2.25 bits per heavy atom. The molecule has 7 heteroatoms. The van der Waals surface area contributed by atoms with Crippen LogP contribution >= 0.6 is 0 Å². The number of anilines is 1. The number of nitrogens with one attached hydrogen (secondary N) is 1. The van der Waals surface area contributed by atoms with Gasteiger partial charge in [-0.05, 0) is 49.7 Å². The van der Waals surface area contributed by atoms with E-state index in [1.54, 1.807) is 44.4 Å². The summed E-state index contributed by atoms with van der Waals surface area (Å²) in [5, 5.41) is 2.66. The second-order valence-electron chi connectivity index (χ2n) is 7.76. The maximum atomic E-state index is 12.6. The number of ether oxygens (including phenoxy) is 1. The maximum Gasteiger partial charge on any atom is 0.340 e. The van der Waals surface area contributed by atoms with Gasteiger partial charge in [-0.1, -0.05) is 30.3 Å². The van der Waals surface area contributed by atoms with E-state index < -0.39 is 18.5 Å². The smallest absolute Gasteiger partial charge is 0.340 e. The van der Waals surface area contributed by atoms with Crippen LogP contribution in [0.25, 0.3) is 0 Å². The topological polar surface area (TPSA) is 80.6 Å². The molecule has 0 fully saturated rings. The molecule has 0 bridgehead atoms. The molecule has 1 heterocycles. The SMILES string of the molecule is Cc1cc(C(=O)OCC(=O)Nc2ccc(C(=O)N(C)C)cc2)c(C)n1Cc1ccccc1. The largest absolute Gasteiger partial charge is 0.452 e. The molecule has 3 rings (SSSR count). The highest BCUT2D eigenvalue weighted by atomic mass is 16.5. The molecule has 0 aliphatic heterocycles. The lowest BCUT2D eigenvalue weighted by atomic mass is 10.2. The van der Waals surface area contributed by atoms with Gasteiger partial charge in [-0.2, -0.15) is 0 Å². The van der Waals surface area contributed by atoms with Gasteiger partial charge in [-0.15, -0.1) is 0 Å². The molecule has 0 aliphatic carbocycles. The number of aromatic nitrogens is 1. The van der Waals surface area contributed by atoms with Crippen molar-refractivity contribution in [1.82, 2.24) is 9.47 Å². The summed E-state index contributed by atoms with van der Waals surface area (Å²) >= 11 is 0. The minimum Gasteiger partial charge on any atom is -0.452 e. The fourth-order valence-corrected chi connectivity index (χ4v) is 3.38. The molecular formula is C25H27N3O4. The predicted molar refractivity (Wildman–Crippen MR) is 123 cm³/mol. The lowest BCUT2D eigenvalue weighted by Crippen LogP contribution is -2.22. The van der Waals surface area contributed by atoms with Gasteiger partial charge in [0.1, 0.15) is 0 Å². The predicted octanol–water partition coefficient (Wildman–Crippen LogP) is 3.65. The van der Waals surface area contributed by atoms with Crippen LogP contribution in [-0.4, -0.2) is 48.0 Å². The zero-order valence-corrected chi connectivity index (χ0v) is 18.7. The zero-order valence-electron chi connectivity index (χ0n) is 18.7. The third kappa shape index (κ3) is 5.43. The van der Waals surface area contributed by atoms with Crippen molar-refractivity contribution in [3.63, 3.8) is 0 Å². The van der Waals surface area contributed by atoms with Crippen LogP contribution in [-0.2, 0) is 16.1 Å². The number of benzene rings is 2. The van der Waals surface area contributed by atoms with Gasteiger partial charge in [-0.25, -0.2) is 4.79 Å². The minimum atomic E-state index is -0.542. The van der Waals surface area contributed by atoms with E-state index in [1.807, 2.05) is 48.7 Å². The number of esters is 1. The lowest BCUT2D eigenvalue weighted by Gasteiger charge is -2.11. The maximum absolute atomic E-state index is 12.6. The van der Waals surface area contributed by atoms with Gasteiger partial charge in [0.15, 0.2) is 6.61 Å². The summed E-state index contributed by atoms with van der Waals surface area (Å²) < 4.78 is 7.27. The van der Waals surface area contributed by atoms with Gasteiger partial charge < -0.3 is 19.5 Å². The van der Waals surface area contributed by atoms with Crippen molar-refractivity contribution < 1.29 is 19.1 Å². The first-order valence-electron chi connectivity index (χ1n) is 10.3. The Kier molecular flexibility index (Phi) is 7.10. The van der Waals surface area contributed by atoms with Crippen LogP contribution in [0.5, 0.6) is 0 Å². The average Bonchev–Trinajstić information content (AvgIpc) is 3.06. The Bertz CT molecular complexity index is 1120. The first-order chi connectivity index (χ1) is 15.3. The molecule has 0 aliphatic rings. The molecule has 1 aromatic heterocycles. The number of carbonyl (C=O) groups excluding carboxylic acids is 3. The van der Waals surface area contributed by atoms with Crippen molar-refractivity contribution in [2.24, 2.45) is 0 Å². The Morgan fingerprint density at radius 1 is 0.969 bits per heavy atom. The van der Waals surface area contributed by atoms with E-state index >= 15 is 0 Å². The summed E-state index contributed by atoms with van der Waals surface area (Å²) in [5.41, 5.74) is 4.34. The van der Waals surface area contributed by atoms with Crippen LogP contribution in [0.2, 0.25) is 0 Å². The molecule has 166 valence electrons. The molecule has 7 nitrogen and oxygen atoms in total. The Balaban J connectivity index is 1.58. The van der Waals surface area contributed by atoms with Crippen LogP contribution < -0.4 is 5.32 Å². The van der Waals surface area contributed by atoms with Crippen molar-refractivity contribution in [2.75, 3.05) is 26.0 Å². The highest BCUT2D eigenvalue weighted by Gasteiger charge is 2.18. The third-order valence-electron chi connectivity index (χ3n) is 5.13. The van der Waals surface area contributed by atoms with Crippen molar-refractivity contribution in [2.45, 2.75) is 20.4 Å². The fraction of sp³-hybridized carbons (Fsp3) is 0.240. The van der Waals surface area contributed by atoms with Gasteiger partial charge >= 0.3 is 5.97 Å². The molecule has 0 saturated heterocycles. The minimum absolute atomic E-state index is 0.123. The van der Waals surface area contributed by atoms with Crippen LogP contribution in [0, 0.1) is 13.8 Å². The molecule has 32 heavy (non-hydrogen) atoms. The molecule has 0 spiro atoms. The van der Waals surface area contributed by atoms with Crippen molar-refractivity contribution >= 4 is 23.5 Å². The summed E-state index contributed by atoms with van der Waals surface area (Å²) in [5.74, 6) is -1.12. The van der Waals surface area contributed by atoms with Gasteiger partial charge in [0.2, 0.25) is 0 Å². The van der Waals surface area contributed by atoms with E-state index in [9.17, 15) is 14.4 Å². The average molecular weight is 434 g/mol. The molecule has 0 atom stereocenters. The number of rotatable bonds is 7. The summed E-state index contributed by atoms with van der Waals surface area (Å²) in [4.78, 5) is 38.2. The standard InChI is InChI=1S/C25H27N3O4/c1-17-14-22(18(2)28(17)15-19-8-6-5-7-9-19)25(31)32-16-23(29)26-21-12-10-20(11-13-21)24(30)27(3)4/h5-14H,15-16H2,1-4H3,(H,26,29). The number of hydrogen-bond acceptors (Lipinski definition) is 4. The molecule has 1 N–H and O–H groups in total. The molecule has 3 aromatic rings. The van der Waals surface area contributed by atoms with E-state index in [0.29, 0.717) is 23.4 Å². The second-order valence-corrected chi connectivity index (χ2v) is 7.76. The Labute approximate surface area is 187 Å². The number of amides is 2. The number of carbonyl (C=O) groups is 3. The summed E-state index contributed by atoms with van der Waals surface area (Å²) in [6, 6.07) is 18.3. The number of nitrogens with zero attached hydrogens (tertiary/aromatic N) is 2. The van der Waals surface area contributed by atoms with E-state index in [2.05, 4.69) is 5.32 Å². The van der Waals surface area contributed by atoms with Gasteiger partial charge in [0, 0.05) is 43.3 Å². The highest BCUT2D eigenvalue weighted by molar-refractivity contribution is 5.97. The van der Waals surface area contributed by atoms with E-state index in [0.717, 1.165) is 17.0 Å². The van der Waals surface area contributed by atoms with Gasteiger partial charge in [0.05, 0.1) is 5.56 Å². The summed E-state index contributed by atoms with van der Waals surface area (Å²) in [7, 11) is 3.34. The molecule has 2 amide bonds. The molecule has 0 unspecified atom stereocenters. The van der Waals surface area contributed by atoms with Crippen LogP contribution in [0.3, 0.4) is 0 Å². The van der Waals surface area contributed by atoms with Gasteiger partial charge in [0.25, 0.3) is 11.8 Å². The quantitative estimate of drug-likeness (QED) is 0.577. The number of hydrogen-bond donors (Lipinski definition) is 1. The molecule has 0 saturated carbocycles. The first kappa shape index (κ1) is 22.8. The normalized spacial score (nSPS) is 10.5. The molecule has 2 aromatic carbocycles. The second kappa shape index (κ2) is 9.96. The lowest BCUT2D eigenvalue weighted by molar-refractivity contribution is -0.119. The highest BCUT2D eigenvalue weighted by Crippen LogP contribution is 2.18. The Morgan fingerprint density at radius 2 is 1.62 bits per heavy atom. The van der Waals surface area contributed by atoms with Crippen LogP contribution in [0.15, 0.2) is 60.7 Å². The van der Waals surface area contributed by atoms with Crippen molar-refractivity contribution in [3.8, 4) is 0 Å². The molecular weight excluding hydrogens is 406 g/mol.